The van der Waals surface area contributed by atoms with Crippen LogP contribution in [0, 0.1) is 0 Å². The first-order chi connectivity index (χ1) is 8.29. The predicted molar refractivity (Wildman–Crippen MR) is 70.7 cm³/mol. The lowest BCUT2D eigenvalue weighted by atomic mass is 10.1. The van der Waals surface area contributed by atoms with Crippen LogP contribution in [0.5, 0.6) is 0 Å². The Morgan fingerprint density at radius 3 is 3.06 bits per heavy atom. The second-order valence-electron chi connectivity index (χ2n) is 4.14. The van der Waals surface area contributed by atoms with Crippen LogP contribution in [-0.2, 0) is 19.9 Å². The number of hydrazine groups is 1. The lowest BCUT2D eigenvalue weighted by molar-refractivity contribution is 0.486. The van der Waals surface area contributed by atoms with Crippen molar-refractivity contribution in [2.45, 2.75) is 25.3 Å². The molecule has 0 aliphatic carbocycles. The molecule has 92 valence electrons. The largest absolute Gasteiger partial charge is 0.338 e. The first kappa shape index (κ1) is 12.3. The zero-order valence-corrected chi connectivity index (χ0v) is 10.8. The van der Waals surface area contributed by atoms with Gasteiger partial charge in [-0.2, -0.15) is 0 Å². The van der Waals surface area contributed by atoms with Gasteiger partial charge in [0.15, 0.2) is 0 Å². The molecule has 0 saturated carbocycles. The quantitative estimate of drug-likeness (QED) is 0.603. The molecule has 0 aliphatic rings. The van der Waals surface area contributed by atoms with Crippen LogP contribution >= 0.6 is 11.3 Å². The van der Waals surface area contributed by atoms with E-state index in [4.69, 9.17) is 5.84 Å². The molecular formula is C12H18N4S. The Morgan fingerprint density at radius 1 is 1.59 bits per heavy atom. The number of aromatic nitrogens is 2. The summed E-state index contributed by atoms with van der Waals surface area (Å²) in [6, 6.07) is 4.53. The van der Waals surface area contributed by atoms with Gasteiger partial charge in [-0.15, -0.1) is 11.3 Å². The van der Waals surface area contributed by atoms with E-state index in [-0.39, 0.29) is 0 Å². The first-order valence-corrected chi connectivity index (χ1v) is 6.62. The number of nitrogens with zero attached hydrogens (tertiary/aromatic N) is 2. The Kier molecular flexibility index (Phi) is 4.30. The molecule has 5 heteroatoms. The molecule has 0 aliphatic heterocycles. The van der Waals surface area contributed by atoms with Crippen LogP contribution in [0.25, 0.3) is 0 Å². The average molecular weight is 250 g/mol. The molecule has 0 saturated heterocycles. The molecular weight excluding hydrogens is 232 g/mol. The Bertz CT molecular complexity index is 435. The third-order valence-corrected chi connectivity index (χ3v) is 3.80. The van der Waals surface area contributed by atoms with Crippen molar-refractivity contribution in [2.75, 3.05) is 0 Å². The molecule has 0 aromatic carbocycles. The van der Waals surface area contributed by atoms with E-state index >= 15 is 0 Å². The lowest BCUT2D eigenvalue weighted by Gasteiger charge is -2.14. The SMILES string of the molecule is Cn1ccnc1CCC(Cc1cccs1)NN. The van der Waals surface area contributed by atoms with Crippen molar-refractivity contribution in [3.63, 3.8) is 0 Å². The van der Waals surface area contributed by atoms with Crippen LogP contribution in [0.1, 0.15) is 17.1 Å². The zero-order chi connectivity index (χ0) is 12.1. The van der Waals surface area contributed by atoms with Crippen LogP contribution in [0.3, 0.4) is 0 Å². The molecule has 0 amide bonds. The fourth-order valence-electron chi connectivity index (χ4n) is 1.86. The van der Waals surface area contributed by atoms with Crippen LogP contribution in [0.2, 0.25) is 0 Å². The molecule has 2 aromatic heterocycles. The molecule has 3 N–H and O–H groups in total. The van der Waals surface area contributed by atoms with Gasteiger partial charge in [0.05, 0.1) is 0 Å². The number of thiophene rings is 1. The maximum absolute atomic E-state index is 5.59. The third kappa shape index (κ3) is 3.39. The first-order valence-electron chi connectivity index (χ1n) is 5.74. The number of imidazole rings is 1. The molecule has 0 bridgehead atoms. The van der Waals surface area contributed by atoms with Crippen molar-refractivity contribution < 1.29 is 0 Å². The van der Waals surface area contributed by atoms with Gasteiger partial charge in [0.1, 0.15) is 5.82 Å². The molecule has 4 nitrogen and oxygen atoms in total. The van der Waals surface area contributed by atoms with E-state index in [2.05, 4.69) is 32.5 Å². The van der Waals surface area contributed by atoms with E-state index in [1.165, 1.54) is 4.88 Å². The van der Waals surface area contributed by atoms with Crippen LogP contribution in [-0.4, -0.2) is 15.6 Å². The normalized spacial score (nSPS) is 12.8. The van der Waals surface area contributed by atoms with E-state index in [9.17, 15) is 0 Å². The maximum atomic E-state index is 5.59. The highest BCUT2D eigenvalue weighted by Crippen LogP contribution is 2.13. The Morgan fingerprint density at radius 2 is 2.47 bits per heavy atom. The van der Waals surface area contributed by atoms with Gasteiger partial charge in [0.25, 0.3) is 0 Å². The molecule has 2 heterocycles. The fraction of sp³-hybridized carbons (Fsp3) is 0.417. The molecule has 2 aromatic rings. The van der Waals surface area contributed by atoms with Crippen molar-refractivity contribution in [1.82, 2.24) is 15.0 Å². The zero-order valence-electron chi connectivity index (χ0n) is 9.97. The minimum Gasteiger partial charge on any atom is -0.338 e. The van der Waals surface area contributed by atoms with Crippen LogP contribution < -0.4 is 11.3 Å². The van der Waals surface area contributed by atoms with Crippen molar-refractivity contribution in [2.24, 2.45) is 12.9 Å². The number of aryl methyl sites for hydroxylation is 2. The minimum absolute atomic E-state index is 0.311. The van der Waals surface area contributed by atoms with Gasteiger partial charge < -0.3 is 4.57 Å². The molecule has 17 heavy (non-hydrogen) atoms. The topological polar surface area (TPSA) is 55.9 Å². The van der Waals surface area contributed by atoms with Gasteiger partial charge in [-0.05, 0) is 24.3 Å². The Labute approximate surface area is 105 Å². The smallest absolute Gasteiger partial charge is 0.108 e. The standard InChI is InChI=1S/C12H18N4S/c1-16-7-6-14-12(16)5-4-10(15-13)9-11-3-2-8-17-11/h2-3,6-8,10,15H,4-5,9,13H2,1H3. The summed E-state index contributed by atoms with van der Waals surface area (Å²) in [5.74, 6) is 6.70. The summed E-state index contributed by atoms with van der Waals surface area (Å²) in [7, 11) is 2.02. The van der Waals surface area contributed by atoms with Gasteiger partial charge in [-0.3, -0.25) is 11.3 Å². The van der Waals surface area contributed by atoms with Gasteiger partial charge in [0.2, 0.25) is 0 Å². The maximum Gasteiger partial charge on any atom is 0.108 e. The lowest BCUT2D eigenvalue weighted by Crippen LogP contribution is -2.37. The van der Waals surface area contributed by atoms with E-state index in [1.807, 2.05) is 19.4 Å². The summed E-state index contributed by atoms with van der Waals surface area (Å²) in [4.78, 5) is 5.68. The van der Waals surface area contributed by atoms with Crippen LogP contribution in [0.4, 0.5) is 0 Å². The molecule has 0 spiro atoms. The number of hydrogen-bond donors (Lipinski definition) is 2. The molecule has 0 fully saturated rings. The van der Waals surface area contributed by atoms with Crippen molar-refractivity contribution >= 4 is 11.3 Å². The van der Waals surface area contributed by atoms with E-state index in [0.29, 0.717) is 6.04 Å². The summed E-state index contributed by atoms with van der Waals surface area (Å²) < 4.78 is 2.05. The number of nitrogens with two attached hydrogens (primary N) is 1. The summed E-state index contributed by atoms with van der Waals surface area (Å²) in [5, 5.41) is 2.10. The van der Waals surface area contributed by atoms with Gasteiger partial charge in [-0.1, -0.05) is 6.07 Å². The van der Waals surface area contributed by atoms with Gasteiger partial charge >= 0.3 is 0 Å². The second-order valence-corrected chi connectivity index (χ2v) is 5.17. The predicted octanol–water partition coefficient (Wildman–Crippen LogP) is 1.49. The van der Waals surface area contributed by atoms with E-state index in [1.54, 1.807) is 11.3 Å². The minimum atomic E-state index is 0.311. The highest BCUT2D eigenvalue weighted by atomic mass is 32.1. The molecule has 0 radical (unpaired) electrons. The summed E-state index contributed by atoms with van der Waals surface area (Å²) in [5.41, 5.74) is 2.89. The Balaban J connectivity index is 1.86. The highest BCUT2D eigenvalue weighted by molar-refractivity contribution is 7.09. The van der Waals surface area contributed by atoms with Crippen molar-refractivity contribution in [3.8, 4) is 0 Å². The van der Waals surface area contributed by atoms with E-state index < -0.39 is 0 Å². The van der Waals surface area contributed by atoms with Gasteiger partial charge in [-0.25, -0.2) is 4.98 Å². The average Bonchev–Trinajstić information content (AvgIpc) is 2.96. The summed E-state index contributed by atoms with van der Waals surface area (Å²) in [6.45, 7) is 0. The number of nitrogens with one attached hydrogen (secondary N) is 1. The second kappa shape index (κ2) is 5.95. The van der Waals surface area contributed by atoms with E-state index in [0.717, 1.165) is 25.1 Å². The fourth-order valence-corrected chi connectivity index (χ4v) is 2.64. The Hall–Kier alpha value is -1.17. The van der Waals surface area contributed by atoms with Crippen molar-refractivity contribution in [1.29, 1.82) is 0 Å². The van der Waals surface area contributed by atoms with Gasteiger partial charge in [0, 0.05) is 36.8 Å². The molecule has 1 unspecified atom stereocenters. The monoisotopic (exact) mass is 250 g/mol. The number of rotatable bonds is 6. The highest BCUT2D eigenvalue weighted by Gasteiger charge is 2.10. The summed E-state index contributed by atoms with van der Waals surface area (Å²) >= 11 is 1.78. The molecule has 1 atom stereocenters. The summed E-state index contributed by atoms with van der Waals surface area (Å²) in [6.07, 6.45) is 6.74. The van der Waals surface area contributed by atoms with Crippen LogP contribution in [0.15, 0.2) is 29.9 Å². The van der Waals surface area contributed by atoms with Crippen molar-refractivity contribution in [3.05, 3.63) is 40.6 Å². The number of hydrogen-bond acceptors (Lipinski definition) is 4. The molecule has 2 rings (SSSR count). The third-order valence-electron chi connectivity index (χ3n) is 2.90.